The molecule has 1 aromatic carbocycles. The summed E-state index contributed by atoms with van der Waals surface area (Å²) in [4.78, 5) is 11.2. The van der Waals surface area contributed by atoms with Crippen LogP contribution in [0.15, 0.2) is 24.3 Å². The van der Waals surface area contributed by atoms with E-state index in [1.807, 2.05) is 13.0 Å². The summed E-state index contributed by atoms with van der Waals surface area (Å²) in [5, 5.41) is 8.27. The summed E-state index contributed by atoms with van der Waals surface area (Å²) in [5.41, 5.74) is 0.265. The number of esters is 1. The van der Waals surface area contributed by atoms with Gasteiger partial charge in [0.15, 0.2) is 0 Å². The van der Waals surface area contributed by atoms with Gasteiger partial charge in [-0.15, -0.1) is 0 Å². The summed E-state index contributed by atoms with van der Waals surface area (Å²) in [5.74, 6) is -0.649. The minimum Gasteiger partial charge on any atom is -0.494 e. The SMILES string of the molecule is CCOc1ccc(/C=C/C(=O)OCCC#N)c(F)c1. The predicted octanol–water partition coefficient (Wildman–Crippen LogP) is 2.69. The Balaban J connectivity index is 2.61. The van der Waals surface area contributed by atoms with Crippen molar-refractivity contribution in [3.8, 4) is 11.8 Å². The van der Waals surface area contributed by atoms with Crippen molar-refractivity contribution in [3.05, 3.63) is 35.7 Å². The predicted molar refractivity (Wildman–Crippen MR) is 67.8 cm³/mol. The van der Waals surface area contributed by atoms with E-state index in [1.165, 1.54) is 18.2 Å². The molecule has 0 aliphatic heterocycles. The highest BCUT2D eigenvalue weighted by Crippen LogP contribution is 2.17. The third-order valence-corrected chi connectivity index (χ3v) is 2.14. The van der Waals surface area contributed by atoms with Crippen LogP contribution >= 0.6 is 0 Å². The summed E-state index contributed by atoms with van der Waals surface area (Å²) < 4.78 is 23.5. The fourth-order valence-electron chi connectivity index (χ4n) is 1.30. The van der Waals surface area contributed by atoms with Crippen LogP contribution in [0.1, 0.15) is 18.9 Å². The van der Waals surface area contributed by atoms with Crippen molar-refractivity contribution in [2.75, 3.05) is 13.2 Å². The first-order valence-corrected chi connectivity index (χ1v) is 5.81. The van der Waals surface area contributed by atoms with Crippen molar-refractivity contribution in [1.82, 2.24) is 0 Å². The van der Waals surface area contributed by atoms with E-state index in [2.05, 4.69) is 0 Å². The van der Waals surface area contributed by atoms with Crippen LogP contribution in [0.3, 0.4) is 0 Å². The maximum atomic E-state index is 13.6. The van der Waals surface area contributed by atoms with Gasteiger partial charge in [-0.1, -0.05) is 0 Å². The van der Waals surface area contributed by atoms with E-state index in [4.69, 9.17) is 14.7 Å². The van der Waals surface area contributed by atoms with E-state index in [0.717, 1.165) is 6.08 Å². The lowest BCUT2D eigenvalue weighted by molar-refractivity contribution is -0.137. The van der Waals surface area contributed by atoms with Gasteiger partial charge in [-0.2, -0.15) is 5.26 Å². The Bertz CT molecular complexity index is 506. The van der Waals surface area contributed by atoms with Gasteiger partial charge >= 0.3 is 5.97 Å². The van der Waals surface area contributed by atoms with Crippen molar-refractivity contribution < 1.29 is 18.7 Å². The van der Waals surface area contributed by atoms with Gasteiger partial charge in [-0.25, -0.2) is 9.18 Å². The monoisotopic (exact) mass is 263 g/mol. The zero-order valence-corrected chi connectivity index (χ0v) is 10.6. The maximum absolute atomic E-state index is 13.6. The molecule has 100 valence electrons. The highest BCUT2D eigenvalue weighted by atomic mass is 19.1. The molecule has 0 saturated heterocycles. The molecule has 0 bridgehead atoms. The lowest BCUT2D eigenvalue weighted by atomic mass is 10.2. The molecule has 1 aromatic rings. The molecule has 0 saturated carbocycles. The average Bonchev–Trinajstić information content (AvgIpc) is 2.38. The van der Waals surface area contributed by atoms with E-state index in [-0.39, 0.29) is 18.6 Å². The molecule has 0 amide bonds. The van der Waals surface area contributed by atoms with Crippen LogP contribution in [-0.4, -0.2) is 19.2 Å². The molecule has 0 fully saturated rings. The zero-order valence-electron chi connectivity index (χ0n) is 10.6. The van der Waals surface area contributed by atoms with Crippen LogP contribution in [-0.2, 0) is 9.53 Å². The Labute approximate surface area is 111 Å². The summed E-state index contributed by atoms with van der Waals surface area (Å²) >= 11 is 0. The largest absolute Gasteiger partial charge is 0.494 e. The minimum atomic E-state index is -0.608. The Kier molecular flexibility index (Phi) is 6.10. The van der Waals surface area contributed by atoms with Gasteiger partial charge in [0.1, 0.15) is 18.2 Å². The lowest BCUT2D eigenvalue weighted by Gasteiger charge is -2.04. The van der Waals surface area contributed by atoms with Gasteiger partial charge < -0.3 is 9.47 Å². The summed E-state index contributed by atoms with van der Waals surface area (Å²) in [6.07, 6.45) is 2.58. The fourth-order valence-corrected chi connectivity index (χ4v) is 1.30. The molecular formula is C14H14FNO3. The summed E-state index contributed by atoms with van der Waals surface area (Å²) in [6.45, 7) is 2.30. The van der Waals surface area contributed by atoms with Crippen molar-refractivity contribution in [2.24, 2.45) is 0 Å². The molecule has 0 aliphatic rings. The van der Waals surface area contributed by atoms with E-state index in [1.54, 1.807) is 6.07 Å². The van der Waals surface area contributed by atoms with E-state index < -0.39 is 11.8 Å². The van der Waals surface area contributed by atoms with Gasteiger partial charge in [0, 0.05) is 17.7 Å². The second kappa shape index (κ2) is 7.88. The normalized spacial score (nSPS) is 10.2. The molecule has 0 radical (unpaired) electrons. The molecule has 0 N–H and O–H groups in total. The molecule has 0 unspecified atom stereocenters. The Hall–Kier alpha value is -2.35. The Morgan fingerprint density at radius 3 is 2.95 bits per heavy atom. The number of hydrogen-bond acceptors (Lipinski definition) is 4. The summed E-state index contributed by atoms with van der Waals surface area (Å²) in [7, 11) is 0. The van der Waals surface area contributed by atoms with Crippen LogP contribution in [0.2, 0.25) is 0 Å². The number of ether oxygens (including phenoxy) is 2. The number of rotatable bonds is 6. The molecule has 0 heterocycles. The summed E-state index contributed by atoms with van der Waals surface area (Å²) in [6, 6.07) is 6.23. The average molecular weight is 263 g/mol. The van der Waals surface area contributed by atoms with E-state index >= 15 is 0 Å². The lowest BCUT2D eigenvalue weighted by Crippen LogP contribution is -2.01. The Morgan fingerprint density at radius 2 is 2.32 bits per heavy atom. The molecule has 0 aliphatic carbocycles. The van der Waals surface area contributed by atoms with Crippen LogP contribution in [0, 0.1) is 17.1 Å². The quantitative estimate of drug-likeness (QED) is 0.450. The van der Waals surface area contributed by atoms with Crippen molar-refractivity contribution in [1.29, 1.82) is 5.26 Å². The molecule has 4 nitrogen and oxygen atoms in total. The second-order valence-electron chi connectivity index (χ2n) is 3.53. The van der Waals surface area contributed by atoms with Gasteiger partial charge in [-0.3, -0.25) is 0 Å². The van der Waals surface area contributed by atoms with Crippen LogP contribution < -0.4 is 4.74 Å². The van der Waals surface area contributed by atoms with Gasteiger partial charge in [-0.05, 0) is 25.1 Å². The first-order chi connectivity index (χ1) is 9.17. The van der Waals surface area contributed by atoms with Gasteiger partial charge in [0.2, 0.25) is 0 Å². The van der Waals surface area contributed by atoms with Crippen LogP contribution in [0.25, 0.3) is 6.08 Å². The highest BCUT2D eigenvalue weighted by molar-refractivity contribution is 5.87. The molecule has 1 rings (SSSR count). The molecule has 0 aromatic heterocycles. The molecular weight excluding hydrogens is 249 g/mol. The van der Waals surface area contributed by atoms with Gasteiger partial charge in [0.05, 0.1) is 19.1 Å². The second-order valence-corrected chi connectivity index (χ2v) is 3.53. The number of hydrogen-bond donors (Lipinski definition) is 0. The molecule has 0 spiro atoms. The number of nitrogens with zero attached hydrogens (tertiary/aromatic N) is 1. The minimum absolute atomic E-state index is 0.0332. The number of carbonyl (C=O) groups is 1. The topological polar surface area (TPSA) is 59.3 Å². The number of carbonyl (C=O) groups excluding carboxylic acids is 1. The van der Waals surface area contributed by atoms with Crippen LogP contribution in [0.5, 0.6) is 5.75 Å². The highest BCUT2D eigenvalue weighted by Gasteiger charge is 2.02. The maximum Gasteiger partial charge on any atom is 0.330 e. The van der Waals surface area contributed by atoms with E-state index in [0.29, 0.717) is 12.4 Å². The smallest absolute Gasteiger partial charge is 0.330 e. The number of nitriles is 1. The van der Waals surface area contributed by atoms with Crippen molar-refractivity contribution in [2.45, 2.75) is 13.3 Å². The number of benzene rings is 1. The van der Waals surface area contributed by atoms with Crippen molar-refractivity contribution >= 4 is 12.0 Å². The first-order valence-electron chi connectivity index (χ1n) is 5.81. The van der Waals surface area contributed by atoms with Gasteiger partial charge in [0.25, 0.3) is 0 Å². The first kappa shape index (κ1) is 14.7. The molecule has 5 heteroatoms. The number of halogens is 1. The van der Waals surface area contributed by atoms with E-state index in [9.17, 15) is 9.18 Å². The van der Waals surface area contributed by atoms with Crippen molar-refractivity contribution in [3.63, 3.8) is 0 Å². The zero-order chi connectivity index (χ0) is 14.1. The molecule has 0 atom stereocenters. The Morgan fingerprint density at radius 1 is 1.53 bits per heavy atom. The fraction of sp³-hybridized carbons (Fsp3) is 0.286. The molecule has 19 heavy (non-hydrogen) atoms. The standard InChI is InChI=1S/C14H14FNO3/c1-2-18-12-6-4-11(13(15)10-12)5-7-14(17)19-9-3-8-16/h4-7,10H,2-3,9H2,1H3/b7-5+. The third kappa shape index (κ3) is 5.21. The van der Waals surface area contributed by atoms with Crippen LogP contribution in [0.4, 0.5) is 4.39 Å². The third-order valence-electron chi connectivity index (χ3n) is 2.14.